The maximum atomic E-state index is 12.5. The van der Waals surface area contributed by atoms with Gasteiger partial charge in [0.1, 0.15) is 0 Å². The number of hydrogen-bond acceptors (Lipinski definition) is 3. The zero-order chi connectivity index (χ0) is 19.0. The highest BCUT2D eigenvalue weighted by molar-refractivity contribution is 9.10. The quantitative estimate of drug-likeness (QED) is 0.548. The van der Waals surface area contributed by atoms with Gasteiger partial charge in [0.15, 0.2) is 0 Å². The number of hydrazone groups is 1. The van der Waals surface area contributed by atoms with Crippen molar-refractivity contribution in [2.24, 2.45) is 28.8 Å². The molecule has 4 aliphatic rings. The van der Waals surface area contributed by atoms with Gasteiger partial charge in [-0.25, -0.2) is 5.43 Å². The minimum atomic E-state index is -0.280. The van der Waals surface area contributed by atoms with E-state index in [-0.39, 0.29) is 18.2 Å². The summed E-state index contributed by atoms with van der Waals surface area (Å²) in [5.41, 5.74) is 3.67. The number of carbonyl (C=O) groups excluding carboxylic acids is 2. The maximum Gasteiger partial charge on any atom is 0.271 e. The van der Waals surface area contributed by atoms with Crippen LogP contribution in [-0.4, -0.2) is 23.6 Å². The van der Waals surface area contributed by atoms with Crippen LogP contribution in [-0.2, 0) is 4.79 Å². The molecule has 0 heterocycles. The summed E-state index contributed by atoms with van der Waals surface area (Å²) in [7, 11) is 0. The molecule has 0 unspecified atom stereocenters. The Hall–Kier alpha value is -1.69. The molecule has 5 nitrogen and oxygen atoms in total. The van der Waals surface area contributed by atoms with Crippen LogP contribution in [0.5, 0.6) is 0 Å². The Morgan fingerprint density at radius 3 is 2.41 bits per heavy atom. The van der Waals surface area contributed by atoms with Crippen molar-refractivity contribution in [3.8, 4) is 0 Å². The summed E-state index contributed by atoms with van der Waals surface area (Å²) in [5.74, 6) is 2.87. The highest BCUT2D eigenvalue weighted by Crippen LogP contribution is 2.53. The van der Waals surface area contributed by atoms with Crippen LogP contribution in [0.4, 0.5) is 0 Å². The van der Waals surface area contributed by atoms with Crippen LogP contribution < -0.4 is 10.7 Å². The summed E-state index contributed by atoms with van der Waals surface area (Å²) in [4.78, 5) is 24.6. The number of rotatable bonds is 5. The summed E-state index contributed by atoms with van der Waals surface area (Å²) < 4.78 is 0.839. The molecule has 2 N–H and O–H groups in total. The van der Waals surface area contributed by atoms with Crippen LogP contribution in [0.3, 0.4) is 0 Å². The number of hydrogen-bond donors (Lipinski definition) is 2. The number of carbonyl (C=O) groups is 2. The van der Waals surface area contributed by atoms with Crippen molar-refractivity contribution in [1.82, 2.24) is 10.7 Å². The SMILES string of the molecule is C/C(CC(=O)NC1C2CC3CC(C2)CC1C3)=N\NC(=O)c1cccc(Br)c1. The zero-order valence-corrected chi connectivity index (χ0v) is 17.2. The largest absolute Gasteiger partial charge is 0.352 e. The second-order valence-electron chi connectivity index (χ2n) is 8.50. The first-order valence-corrected chi connectivity index (χ1v) is 10.7. The van der Waals surface area contributed by atoms with E-state index in [4.69, 9.17) is 0 Å². The van der Waals surface area contributed by atoms with Gasteiger partial charge in [-0.15, -0.1) is 0 Å². The molecule has 0 saturated heterocycles. The fourth-order valence-electron chi connectivity index (χ4n) is 5.51. The summed E-state index contributed by atoms with van der Waals surface area (Å²) in [5, 5.41) is 7.38. The summed E-state index contributed by atoms with van der Waals surface area (Å²) >= 11 is 3.35. The van der Waals surface area contributed by atoms with E-state index in [1.54, 1.807) is 25.1 Å². The number of nitrogens with one attached hydrogen (secondary N) is 2. The van der Waals surface area contributed by atoms with Crippen molar-refractivity contribution < 1.29 is 9.59 Å². The molecule has 4 aliphatic carbocycles. The number of benzene rings is 1. The van der Waals surface area contributed by atoms with Crippen molar-refractivity contribution in [2.45, 2.75) is 51.5 Å². The Bertz CT molecular complexity index is 748. The predicted octanol–water partition coefficient (Wildman–Crippen LogP) is 3.89. The Balaban J connectivity index is 1.29. The molecular formula is C21H26BrN3O2. The van der Waals surface area contributed by atoms with E-state index in [2.05, 4.69) is 31.8 Å². The third-order valence-electron chi connectivity index (χ3n) is 6.41. The Labute approximate surface area is 168 Å². The van der Waals surface area contributed by atoms with Crippen molar-refractivity contribution in [2.75, 3.05) is 0 Å². The molecule has 0 spiro atoms. The van der Waals surface area contributed by atoms with Gasteiger partial charge in [-0.2, -0.15) is 5.10 Å². The van der Waals surface area contributed by atoms with Gasteiger partial charge in [0.25, 0.3) is 5.91 Å². The first kappa shape index (κ1) is 18.7. The molecule has 0 aliphatic heterocycles. The molecule has 2 amide bonds. The lowest BCUT2D eigenvalue weighted by atomic mass is 9.54. The van der Waals surface area contributed by atoms with Crippen LogP contribution in [0.1, 0.15) is 55.8 Å². The monoisotopic (exact) mass is 431 g/mol. The van der Waals surface area contributed by atoms with E-state index in [0.717, 1.165) is 16.3 Å². The van der Waals surface area contributed by atoms with Gasteiger partial charge in [0.2, 0.25) is 5.91 Å². The highest BCUT2D eigenvalue weighted by atomic mass is 79.9. The Morgan fingerprint density at radius 1 is 1.11 bits per heavy atom. The third-order valence-corrected chi connectivity index (χ3v) is 6.90. The molecule has 4 saturated carbocycles. The fourth-order valence-corrected chi connectivity index (χ4v) is 5.91. The highest BCUT2D eigenvalue weighted by Gasteiger charge is 2.48. The van der Waals surface area contributed by atoms with Crippen LogP contribution in [0.2, 0.25) is 0 Å². The van der Waals surface area contributed by atoms with Gasteiger partial charge in [0.05, 0.1) is 6.42 Å². The van der Waals surface area contributed by atoms with E-state index in [1.165, 1.54) is 32.1 Å². The van der Waals surface area contributed by atoms with Gasteiger partial charge in [-0.05, 0) is 80.9 Å². The van der Waals surface area contributed by atoms with Gasteiger partial charge in [-0.1, -0.05) is 22.0 Å². The molecule has 0 radical (unpaired) electrons. The number of halogens is 1. The van der Waals surface area contributed by atoms with Crippen LogP contribution in [0.15, 0.2) is 33.8 Å². The van der Waals surface area contributed by atoms with Gasteiger partial charge < -0.3 is 5.32 Å². The number of amides is 2. The fraction of sp³-hybridized carbons (Fsp3) is 0.571. The average Bonchev–Trinajstić information content (AvgIpc) is 2.62. The van der Waals surface area contributed by atoms with E-state index in [0.29, 0.717) is 29.2 Å². The molecule has 1 aromatic rings. The molecule has 4 bridgehead atoms. The first-order valence-electron chi connectivity index (χ1n) is 9.86. The first-order chi connectivity index (χ1) is 13.0. The molecule has 6 heteroatoms. The topological polar surface area (TPSA) is 70.6 Å². The Morgan fingerprint density at radius 2 is 1.78 bits per heavy atom. The average molecular weight is 432 g/mol. The van der Waals surface area contributed by atoms with Gasteiger partial charge in [0, 0.05) is 21.8 Å². The molecule has 0 atom stereocenters. The van der Waals surface area contributed by atoms with E-state index in [9.17, 15) is 9.59 Å². The molecular weight excluding hydrogens is 406 g/mol. The number of nitrogens with zero attached hydrogens (tertiary/aromatic N) is 1. The molecule has 4 fully saturated rings. The second-order valence-corrected chi connectivity index (χ2v) is 9.41. The van der Waals surface area contributed by atoms with Crippen molar-refractivity contribution in [3.63, 3.8) is 0 Å². The maximum absolute atomic E-state index is 12.5. The summed E-state index contributed by atoms with van der Waals surface area (Å²) in [6.07, 6.45) is 6.78. The van der Waals surface area contributed by atoms with Crippen LogP contribution >= 0.6 is 15.9 Å². The van der Waals surface area contributed by atoms with E-state index >= 15 is 0 Å². The van der Waals surface area contributed by atoms with E-state index in [1.807, 2.05) is 6.07 Å². The minimum absolute atomic E-state index is 0.0189. The Kier molecular flexibility index (Phi) is 5.35. The predicted molar refractivity (Wildman–Crippen MR) is 108 cm³/mol. The summed E-state index contributed by atoms with van der Waals surface area (Å²) in [6.45, 7) is 1.78. The smallest absolute Gasteiger partial charge is 0.271 e. The van der Waals surface area contributed by atoms with Gasteiger partial charge >= 0.3 is 0 Å². The lowest BCUT2D eigenvalue weighted by molar-refractivity contribution is -0.123. The molecule has 1 aromatic carbocycles. The van der Waals surface area contributed by atoms with Crippen molar-refractivity contribution >= 4 is 33.5 Å². The van der Waals surface area contributed by atoms with Crippen LogP contribution in [0, 0.1) is 23.7 Å². The molecule has 27 heavy (non-hydrogen) atoms. The zero-order valence-electron chi connectivity index (χ0n) is 15.6. The van der Waals surface area contributed by atoms with Crippen molar-refractivity contribution in [3.05, 3.63) is 34.3 Å². The van der Waals surface area contributed by atoms with E-state index < -0.39 is 0 Å². The normalized spacial score (nSPS) is 31.6. The van der Waals surface area contributed by atoms with Crippen LogP contribution in [0.25, 0.3) is 0 Å². The lowest BCUT2D eigenvalue weighted by Gasteiger charge is -2.54. The molecule has 5 rings (SSSR count). The van der Waals surface area contributed by atoms with Gasteiger partial charge in [-0.3, -0.25) is 9.59 Å². The molecule has 144 valence electrons. The standard InChI is InChI=1S/C21H26BrN3O2/c1-12(24-25-21(27)15-3-2-4-18(22)11-15)5-19(26)23-20-16-7-13-6-14(9-16)10-17(20)8-13/h2-4,11,13-14,16-17,20H,5-10H2,1H3,(H,23,26)(H,25,27)/b24-12+. The summed E-state index contributed by atoms with van der Waals surface area (Å²) in [6, 6.07) is 7.46. The third kappa shape index (κ3) is 4.26. The van der Waals surface area contributed by atoms with Crippen molar-refractivity contribution in [1.29, 1.82) is 0 Å². The minimum Gasteiger partial charge on any atom is -0.352 e. The molecule has 0 aromatic heterocycles. The second kappa shape index (κ2) is 7.74. The lowest BCUT2D eigenvalue weighted by Crippen LogP contribution is -2.56.